The molecule has 33 heavy (non-hydrogen) atoms. The molecule has 0 spiro atoms. The van der Waals surface area contributed by atoms with Crippen LogP contribution in [-0.2, 0) is 21.4 Å². The van der Waals surface area contributed by atoms with Gasteiger partial charge in [-0.2, -0.15) is 4.31 Å². The molecule has 1 aromatic heterocycles. The van der Waals surface area contributed by atoms with E-state index in [0.717, 1.165) is 12.1 Å². The van der Waals surface area contributed by atoms with Crippen molar-refractivity contribution in [2.24, 2.45) is 5.73 Å². The van der Waals surface area contributed by atoms with Crippen LogP contribution in [-0.4, -0.2) is 54.7 Å². The zero-order valence-electron chi connectivity index (χ0n) is 18.1. The van der Waals surface area contributed by atoms with Gasteiger partial charge in [0.05, 0.1) is 5.03 Å². The Labute approximate surface area is 198 Å². The Balaban J connectivity index is 1.39. The molecule has 0 unspecified atom stereocenters. The molecule has 0 radical (unpaired) electrons. The lowest BCUT2D eigenvalue weighted by atomic mass is 10.1. The molecule has 1 amide bonds. The Morgan fingerprint density at radius 1 is 0.939 bits per heavy atom. The van der Waals surface area contributed by atoms with Crippen LogP contribution in [0, 0.1) is 0 Å². The number of benzene rings is 2. The SMILES string of the molecule is NC(=O)[C@H](Sc1ccc(S(=O)(=O)N2CCN(Cc3ccccc3)CC2)cn1)c1ccccc1. The number of sulfonamides is 1. The van der Waals surface area contributed by atoms with Crippen LogP contribution < -0.4 is 5.73 Å². The molecule has 3 aromatic rings. The van der Waals surface area contributed by atoms with Crippen molar-refractivity contribution < 1.29 is 13.2 Å². The third-order valence-corrected chi connectivity index (χ3v) is 8.63. The molecule has 2 N–H and O–H groups in total. The van der Waals surface area contributed by atoms with Crippen LogP contribution in [0.4, 0.5) is 0 Å². The smallest absolute Gasteiger partial charge is 0.244 e. The highest BCUT2D eigenvalue weighted by Gasteiger charge is 2.29. The second-order valence-electron chi connectivity index (χ2n) is 7.81. The van der Waals surface area contributed by atoms with Gasteiger partial charge in [0.15, 0.2) is 0 Å². The maximum atomic E-state index is 13.1. The number of piperazine rings is 1. The van der Waals surface area contributed by atoms with Gasteiger partial charge >= 0.3 is 0 Å². The summed E-state index contributed by atoms with van der Waals surface area (Å²) in [7, 11) is -3.63. The summed E-state index contributed by atoms with van der Waals surface area (Å²) in [5.41, 5.74) is 7.58. The largest absolute Gasteiger partial charge is 0.368 e. The van der Waals surface area contributed by atoms with Crippen molar-refractivity contribution in [2.45, 2.75) is 21.7 Å². The Bertz CT molecular complexity index is 1170. The van der Waals surface area contributed by atoms with E-state index < -0.39 is 21.2 Å². The summed E-state index contributed by atoms with van der Waals surface area (Å²) in [6.45, 7) is 3.03. The van der Waals surface area contributed by atoms with Crippen molar-refractivity contribution in [3.8, 4) is 0 Å². The molecule has 0 aliphatic carbocycles. The van der Waals surface area contributed by atoms with Crippen LogP contribution in [0.25, 0.3) is 0 Å². The highest BCUT2D eigenvalue weighted by molar-refractivity contribution is 8.00. The van der Waals surface area contributed by atoms with Crippen molar-refractivity contribution in [3.63, 3.8) is 0 Å². The standard InChI is InChI=1S/C24H26N4O3S2/c25-24(29)23(20-9-5-2-6-10-20)32-22-12-11-21(17-26-22)33(30,31)28-15-13-27(14-16-28)18-19-7-3-1-4-8-19/h1-12,17,23H,13-16,18H2,(H2,25,29)/t23-/m1/s1. The molecule has 7 nitrogen and oxygen atoms in total. The number of hydrogen-bond acceptors (Lipinski definition) is 6. The van der Waals surface area contributed by atoms with Crippen LogP contribution in [0.5, 0.6) is 0 Å². The topological polar surface area (TPSA) is 96.6 Å². The normalized spacial score (nSPS) is 16.4. The van der Waals surface area contributed by atoms with E-state index in [4.69, 9.17) is 5.73 Å². The van der Waals surface area contributed by atoms with Gasteiger partial charge in [-0.3, -0.25) is 9.69 Å². The van der Waals surface area contributed by atoms with E-state index >= 15 is 0 Å². The molecule has 172 valence electrons. The van der Waals surface area contributed by atoms with Crippen molar-refractivity contribution in [3.05, 3.63) is 90.1 Å². The first-order valence-electron chi connectivity index (χ1n) is 10.7. The van der Waals surface area contributed by atoms with Crippen molar-refractivity contribution in [1.82, 2.24) is 14.2 Å². The number of aromatic nitrogens is 1. The monoisotopic (exact) mass is 482 g/mol. The number of hydrogen-bond donors (Lipinski definition) is 1. The minimum Gasteiger partial charge on any atom is -0.368 e. The van der Waals surface area contributed by atoms with Crippen molar-refractivity contribution in [2.75, 3.05) is 26.2 Å². The molecular weight excluding hydrogens is 456 g/mol. The van der Waals surface area contributed by atoms with Crippen LogP contribution in [0.15, 0.2) is 88.9 Å². The van der Waals surface area contributed by atoms with Gasteiger partial charge in [-0.25, -0.2) is 13.4 Å². The van der Waals surface area contributed by atoms with Gasteiger partial charge in [0.2, 0.25) is 15.9 Å². The van der Waals surface area contributed by atoms with E-state index in [-0.39, 0.29) is 4.90 Å². The van der Waals surface area contributed by atoms with E-state index in [1.165, 1.54) is 27.8 Å². The second-order valence-corrected chi connectivity index (χ2v) is 10.9. The summed E-state index contributed by atoms with van der Waals surface area (Å²) in [6.07, 6.45) is 1.36. The minimum atomic E-state index is -3.63. The molecule has 1 aliphatic heterocycles. The average molecular weight is 483 g/mol. The molecule has 1 aliphatic rings. The maximum absolute atomic E-state index is 13.1. The number of amides is 1. The lowest BCUT2D eigenvalue weighted by molar-refractivity contribution is -0.117. The summed E-state index contributed by atoms with van der Waals surface area (Å²) in [6, 6.07) is 22.6. The van der Waals surface area contributed by atoms with Crippen LogP contribution in [0.1, 0.15) is 16.4 Å². The fourth-order valence-electron chi connectivity index (χ4n) is 3.75. The van der Waals surface area contributed by atoms with E-state index in [1.807, 2.05) is 48.5 Å². The molecule has 9 heteroatoms. The molecular formula is C24H26N4O3S2. The maximum Gasteiger partial charge on any atom is 0.244 e. The zero-order valence-corrected chi connectivity index (χ0v) is 19.7. The van der Waals surface area contributed by atoms with Gasteiger partial charge in [0.1, 0.15) is 10.1 Å². The molecule has 2 heterocycles. The van der Waals surface area contributed by atoms with Crippen molar-refractivity contribution >= 4 is 27.7 Å². The highest BCUT2D eigenvalue weighted by atomic mass is 32.2. The van der Waals surface area contributed by atoms with Gasteiger partial charge in [0.25, 0.3) is 0 Å². The number of nitrogens with zero attached hydrogens (tertiary/aromatic N) is 3. The summed E-state index contributed by atoms with van der Waals surface area (Å²) >= 11 is 1.21. The molecule has 1 saturated heterocycles. The first-order chi connectivity index (χ1) is 15.9. The quantitative estimate of drug-likeness (QED) is 0.496. The molecule has 0 saturated carbocycles. The Kier molecular flexibility index (Phi) is 7.44. The number of thioether (sulfide) groups is 1. The number of pyridine rings is 1. The molecule has 0 bridgehead atoms. The van der Waals surface area contributed by atoms with Gasteiger partial charge in [0, 0.05) is 38.9 Å². The van der Waals surface area contributed by atoms with E-state index in [1.54, 1.807) is 12.1 Å². The van der Waals surface area contributed by atoms with Gasteiger partial charge in [-0.15, -0.1) is 0 Å². The molecule has 2 aromatic carbocycles. The molecule has 1 fully saturated rings. The van der Waals surface area contributed by atoms with Gasteiger partial charge in [-0.05, 0) is 23.3 Å². The van der Waals surface area contributed by atoms with E-state index in [0.29, 0.717) is 31.2 Å². The summed E-state index contributed by atoms with van der Waals surface area (Å²) in [5.74, 6) is -0.474. The molecule has 1 atom stereocenters. The van der Waals surface area contributed by atoms with E-state index in [2.05, 4.69) is 22.0 Å². The van der Waals surface area contributed by atoms with E-state index in [9.17, 15) is 13.2 Å². The number of rotatable bonds is 8. The summed E-state index contributed by atoms with van der Waals surface area (Å²) in [4.78, 5) is 18.7. The first kappa shape index (κ1) is 23.4. The minimum absolute atomic E-state index is 0.152. The lowest BCUT2D eigenvalue weighted by Crippen LogP contribution is -2.48. The summed E-state index contributed by atoms with van der Waals surface area (Å²) in [5, 5.41) is -0.0619. The fourth-order valence-corrected chi connectivity index (χ4v) is 6.03. The third kappa shape index (κ3) is 5.80. The first-order valence-corrected chi connectivity index (χ1v) is 13.0. The fraction of sp³-hybridized carbons (Fsp3) is 0.250. The average Bonchev–Trinajstić information content (AvgIpc) is 2.84. The van der Waals surface area contributed by atoms with Crippen LogP contribution >= 0.6 is 11.8 Å². The number of primary amides is 1. The van der Waals surface area contributed by atoms with Gasteiger partial charge < -0.3 is 5.73 Å². The Morgan fingerprint density at radius 3 is 2.15 bits per heavy atom. The predicted octanol–water partition coefficient (Wildman–Crippen LogP) is 2.91. The van der Waals surface area contributed by atoms with Gasteiger partial charge in [-0.1, -0.05) is 72.4 Å². The molecule has 4 rings (SSSR count). The zero-order chi connectivity index (χ0) is 23.3. The Hall–Kier alpha value is -2.72. The highest BCUT2D eigenvalue weighted by Crippen LogP contribution is 2.34. The summed E-state index contributed by atoms with van der Waals surface area (Å²) < 4.78 is 27.7. The lowest BCUT2D eigenvalue weighted by Gasteiger charge is -2.33. The number of nitrogens with two attached hydrogens (primary N) is 1. The predicted molar refractivity (Wildman–Crippen MR) is 129 cm³/mol. The van der Waals surface area contributed by atoms with Crippen LogP contribution in [0.3, 0.4) is 0 Å². The Morgan fingerprint density at radius 2 is 1.58 bits per heavy atom. The third-order valence-electron chi connectivity index (χ3n) is 5.53. The second kappa shape index (κ2) is 10.5. The van der Waals surface area contributed by atoms with Crippen molar-refractivity contribution in [1.29, 1.82) is 0 Å². The number of carbonyl (C=O) groups is 1. The number of carbonyl (C=O) groups excluding carboxylic acids is 1. The van der Waals surface area contributed by atoms with Crippen LogP contribution in [0.2, 0.25) is 0 Å².